The Morgan fingerprint density at radius 3 is 2.30 bits per heavy atom. The summed E-state index contributed by atoms with van der Waals surface area (Å²) in [4.78, 5) is 22.8. The van der Waals surface area contributed by atoms with Crippen LogP contribution in [0.5, 0.6) is 0 Å². The number of benzene rings is 1. The molecule has 0 aliphatic heterocycles. The molecule has 0 atom stereocenters. The van der Waals surface area contributed by atoms with E-state index in [-0.39, 0.29) is 0 Å². The summed E-state index contributed by atoms with van der Waals surface area (Å²) in [5.41, 5.74) is 4.25. The summed E-state index contributed by atoms with van der Waals surface area (Å²) >= 11 is 0. The van der Waals surface area contributed by atoms with Crippen LogP contribution >= 0.6 is 0 Å². The Morgan fingerprint density at radius 2 is 1.61 bits per heavy atom. The minimum Gasteiger partial charge on any atom is -0.466 e. The number of esters is 2. The molecule has 0 spiro atoms. The van der Waals surface area contributed by atoms with Gasteiger partial charge in [-0.05, 0) is 47.6 Å². The predicted molar refractivity (Wildman–Crippen MR) is 88.6 cm³/mol. The topological polar surface area (TPSA) is 52.6 Å². The van der Waals surface area contributed by atoms with Crippen LogP contribution in [0, 0.1) is 0 Å². The number of hydrogen-bond donors (Lipinski definition) is 0. The minimum atomic E-state index is -0.407. The van der Waals surface area contributed by atoms with Crippen LogP contribution in [0.3, 0.4) is 0 Å². The van der Waals surface area contributed by atoms with E-state index in [1.165, 1.54) is 31.9 Å². The molecule has 0 amide bonds. The van der Waals surface area contributed by atoms with Gasteiger partial charge in [0.2, 0.25) is 0 Å². The van der Waals surface area contributed by atoms with Gasteiger partial charge in [0.25, 0.3) is 0 Å². The Kier molecular flexibility index (Phi) is 5.92. The Labute approximate surface area is 136 Å². The van der Waals surface area contributed by atoms with Gasteiger partial charge in [0.15, 0.2) is 0 Å². The van der Waals surface area contributed by atoms with Gasteiger partial charge in [-0.25, -0.2) is 9.59 Å². The van der Waals surface area contributed by atoms with E-state index in [0.29, 0.717) is 0 Å². The van der Waals surface area contributed by atoms with Gasteiger partial charge in [0.05, 0.1) is 14.2 Å². The molecule has 0 fully saturated rings. The number of ether oxygens (including phenoxy) is 2. The summed E-state index contributed by atoms with van der Waals surface area (Å²) in [5.74, 6) is -0.804. The third kappa shape index (κ3) is 4.42. The van der Waals surface area contributed by atoms with Gasteiger partial charge in [-0.3, -0.25) is 0 Å². The molecule has 23 heavy (non-hydrogen) atoms. The van der Waals surface area contributed by atoms with Crippen molar-refractivity contribution in [1.82, 2.24) is 0 Å². The SMILES string of the molecule is COC(=O)/C=C/C1=C(/C=C/C(=O)OC)c2ccccc2CCC1. The van der Waals surface area contributed by atoms with Crippen LogP contribution in [-0.2, 0) is 25.5 Å². The van der Waals surface area contributed by atoms with Crippen LogP contribution in [0.25, 0.3) is 5.57 Å². The molecule has 1 aliphatic carbocycles. The second-order valence-electron chi connectivity index (χ2n) is 5.16. The highest BCUT2D eigenvalue weighted by Crippen LogP contribution is 2.31. The number of rotatable bonds is 4. The van der Waals surface area contributed by atoms with Gasteiger partial charge >= 0.3 is 11.9 Å². The fraction of sp³-hybridized carbons (Fsp3) is 0.263. The van der Waals surface area contributed by atoms with E-state index < -0.39 is 11.9 Å². The molecule has 0 radical (unpaired) electrons. The molecular weight excluding hydrogens is 292 g/mol. The average molecular weight is 312 g/mol. The third-order valence-corrected chi connectivity index (χ3v) is 3.75. The van der Waals surface area contributed by atoms with Crippen LogP contribution in [0.15, 0.2) is 54.1 Å². The van der Waals surface area contributed by atoms with Gasteiger partial charge in [-0.1, -0.05) is 30.3 Å². The maximum atomic E-state index is 11.4. The molecule has 1 aromatic carbocycles. The van der Waals surface area contributed by atoms with Crippen molar-refractivity contribution in [3.63, 3.8) is 0 Å². The van der Waals surface area contributed by atoms with Gasteiger partial charge in [-0.15, -0.1) is 0 Å². The zero-order valence-corrected chi connectivity index (χ0v) is 13.4. The second-order valence-corrected chi connectivity index (χ2v) is 5.16. The molecule has 1 aliphatic rings. The van der Waals surface area contributed by atoms with E-state index in [0.717, 1.165) is 36.0 Å². The first-order valence-corrected chi connectivity index (χ1v) is 7.49. The third-order valence-electron chi connectivity index (χ3n) is 3.75. The fourth-order valence-electron chi connectivity index (χ4n) is 2.60. The summed E-state index contributed by atoms with van der Waals surface area (Å²) in [6, 6.07) is 8.10. The molecule has 2 rings (SSSR count). The average Bonchev–Trinajstić information content (AvgIpc) is 2.76. The van der Waals surface area contributed by atoms with Crippen molar-refractivity contribution in [3.05, 3.63) is 65.3 Å². The molecular formula is C19H20O4. The molecule has 1 aromatic rings. The number of aryl methyl sites for hydroxylation is 1. The Morgan fingerprint density at radius 1 is 0.957 bits per heavy atom. The molecule has 0 saturated heterocycles. The standard InChI is InChI=1S/C19H20O4/c1-22-18(20)12-10-15-8-5-7-14-6-3-4-9-16(14)17(15)11-13-19(21)23-2/h3-4,6,9-13H,5,7-8H2,1-2H3/b12-10+,13-11+. The van der Waals surface area contributed by atoms with Gasteiger partial charge in [0, 0.05) is 12.2 Å². The van der Waals surface area contributed by atoms with Crippen LogP contribution in [0.4, 0.5) is 0 Å². The van der Waals surface area contributed by atoms with Crippen molar-refractivity contribution in [3.8, 4) is 0 Å². The van der Waals surface area contributed by atoms with Crippen molar-refractivity contribution < 1.29 is 19.1 Å². The summed E-state index contributed by atoms with van der Waals surface area (Å²) in [5, 5.41) is 0. The summed E-state index contributed by atoms with van der Waals surface area (Å²) in [7, 11) is 2.70. The van der Waals surface area contributed by atoms with E-state index in [4.69, 9.17) is 0 Å². The highest BCUT2D eigenvalue weighted by molar-refractivity contribution is 5.90. The highest BCUT2D eigenvalue weighted by Gasteiger charge is 2.14. The molecule has 0 unspecified atom stereocenters. The quantitative estimate of drug-likeness (QED) is 0.632. The van der Waals surface area contributed by atoms with Crippen molar-refractivity contribution in [2.75, 3.05) is 14.2 Å². The van der Waals surface area contributed by atoms with E-state index in [1.54, 1.807) is 12.2 Å². The zero-order chi connectivity index (χ0) is 16.7. The molecule has 0 heterocycles. The molecule has 0 N–H and O–H groups in total. The number of carbonyl (C=O) groups is 2. The first-order chi connectivity index (χ1) is 11.2. The van der Waals surface area contributed by atoms with Crippen LogP contribution < -0.4 is 0 Å². The predicted octanol–water partition coefficient (Wildman–Crippen LogP) is 3.23. The molecule has 0 saturated carbocycles. The lowest BCUT2D eigenvalue weighted by Crippen LogP contribution is -1.97. The van der Waals surface area contributed by atoms with Crippen LogP contribution in [0.2, 0.25) is 0 Å². The minimum absolute atomic E-state index is 0.397. The van der Waals surface area contributed by atoms with Crippen molar-refractivity contribution >= 4 is 17.5 Å². The number of carbonyl (C=O) groups excluding carboxylic acids is 2. The normalized spacial score (nSPS) is 14.7. The Bertz CT molecular complexity index is 680. The Balaban J connectivity index is 2.50. The molecule has 120 valence electrons. The van der Waals surface area contributed by atoms with Gasteiger partial charge in [-0.2, -0.15) is 0 Å². The molecule has 0 aromatic heterocycles. The number of fused-ring (bicyclic) bond motifs is 1. The fourth-order valence-corrected chi connectivity index (χ4v) is 2.60. The van der Waals surface area contributed by atoms with Gasteiger partial charge < -0.3 is 9.47 Å². The summed E-state index contributed by atoms with van der Waals surface area (Å²) in [6.07, 6.45) is 9.11. The number of hydrogen-bond acceptors (Lipinski definition) is 4. The Hall–Kier alpha value is -2.62. The summed E-state index contributed by atoms with van der Waals surface area (Å²) in [6.45, 7) is 0. The molecule has 4 nitrogen and oxygen atoms in total. The van der Waals surface area contributed by atoms with Crippen LogP contribution in [-0.4, -0.2) is 26.2 Å². The van der Waals surface area contributed by atoms with E-state index in [1.807, 2.05) is 18.2 Å². The monoisotopic (exact) mass is 312 g/mol. The van der Waals surface area contributed by atoms with E-state index in [2.05, 4.69) is 15.5 Å². The molecule has 4 heteroatoms. The first kappa shape index (κ1) is 16.7. The van der Waals surface area contributed by atoms with Crippen molar-refractivity contribution in [1.29, 1.82) is 0 Å². The lowest BCUT2D eigenvalue weighted by Gasteiger charge is -2.09. The van der Waals surface area contributed by atoms with Crippen molar-refractivity contribution in [2.24, 2.45) is 0 Å². The first-order valence-electron chi connectivity index (χ1n) is 7.49. The summed E-state index contributed by atoms with van der Waals surface area (Å²) < 4.78 is 9.32. The van der Waals surface area contributed by atoms with Gasteiger partial charge in [0.1, 0.15) is 0 Å². The lowest BCUT2D eigenvalue weighted by molar-refractivity contribution is -0.135. The lowest BCUT2D eigenvalue weighted by atomic mass is 9.96. The second kappa shape index (κ2) is 8.13. The van der Waals surface area contributed by atoms with E-state index in [9.17, 15) is 9.59 Å². The zero-order valence-electron chi connectivity index (χ0n) is 13.4. The smallest absolute Gasteiger partial charge is 0.330 e. The number of allylic oxidation sites excluding steroid dienone is 4. The number of methoxy groups -OCH3 is 2. The highest BCUT2D eigenvalue weighted by atomic mass is 16.5. The largest absolute Gasteiger partial charge is 0.466 e. The maximum absolute atomic E-state index is 11.4. The van der Waals surface area contributed by atoms with Crippen molar-refractivity contribution in [2.45, 2.75) is 19.3 Å². The molecule has 0 bridgehead atoms. The van der Waals surface area contributed by atoms with Crippen LogP contribution in [0.1, 0.15) is 24.0 Å². The maximum Gasteiger partial charge on any atom is 0.330 e. The van der Waals surface area contributed by atoms with E-state index >= 15 is 0 Å².